The Bertz CT molecular complexity index is 591. The third-order valence-corrected chi connectivity index (χ3v) is 5.29. The van der Waals surface area contributed by atoms with Gasteiger partial charge in [0.25, 0.3) is 0 Å². The minimum atomic E-state index is -0.204. The number of benzene rings is 1. The third-order valence-electron chi connectivity index (χ3n) is 5.29. The van der Waals surface area contributed by atoms with Gasteiger partial charge >= 0.3 is 0 Å². The van der Waals surface area contributed by atoms with Crippen LogP contribution in [0.5, 0.6) is 11.5 Å². The lowest BCUT2D eigenvalue weighted by Gasteiger charge is -2.20. The SMILES string of the molecule is C=CCC(CC)C(O)CCCC(=CCCc1ccc2c(c1)OCO2)CC. The van der Waals surface area contributed by atoms with Crippen molar-refractivity contribution in [2.24, 2.45) is 5.92 Å². The summed E-state index contributed by atoms with van der Waals surface area (Å²) in [5, 5.41) is 10.3. The lowest BCUT2D eigenvalue weighted by Crippen LogP contribution is -2.19. The molecule has 1 aromatic carbocycles. The first-order chi connectivity index (χ1) is 12.7. The molecule has 2 atom stereocenters. The Kier molecular flexibility index (Phi) is 8.76. The molecule has 0 radical (unpaired) electrons. The van der Waals surface area contributed by atoms with Gasteiger partial charge in [-0.2, -0.15) is 0 Å². The van der Waals surface area contributed by atoms with E-state index in [1.807, 2.05) is 12.1 Å². The van der Waals surface area contributed by atoms with Gasteiger partial charge < -0.3 is 14.6 Å². The second-order valence-corrected chi connectivity index (χ2v) is 7.09. The molecule has 0 aromatic heterocycles. The van der Waals surface area contributed by atoms with Crippen LogP contribution in [0.25, 0.3) is 0 Å². The van der Waals surface area contributed by atoms with Crippen molar-refractivity contribution in [3.63, 3.8) is 0 Å². The highest BCUT2D eigenvalue weighted by atomic mass is 16.7. The molecule has 1 aliphatic rings. The van der Waals surface area contributed by atoms with Crippen molar-refractivity contribution < 1.29 is 14.6 Å². The van der Waals surface area contributed by atoms with E-state index in [0.717, 1.165) is 62.9 Å². The summed E-state index contributed by atoms with van der Waals surface area (Å²) in [6, 6.07) is 6.20. The van der Waals surface area contributed by atoms with E-state index in [4.69, 9.17) is 9.47 Å². The number of hydrogen-bond donors (Lipinski definition) is 1. The molecule has 0 aliphatic carbocycles. The normalized spacial score (nSPS) is 15.7. The molecule has 2 rings (SSSR count). The van der Waals surface area contributed by atoms with Crippen molar-refractivity contribution >= 4 is 0 Å². The Morgan fingerprint density at radius 2 is 2.08 bits per heavy atom. The second kappa shape index (κ2) is 11.1. The molecule has 0 bridgehead atoms. The fourth-order valence-corrected chi connectivity index (χ4v) is 3.55. The second-order valence-electron chi connectivity index (χ2n) is 7.09. The number of aliphatic hydroxyl groups excluding tert-OH is 1. The number of hydrogen-bond acceptors (Lipinski definition) is 3. The molecule has 0 saturated heterocycles. The number of fused-ring (bicyclic) bond motifs is 1. The minimum Gasteiger partial charge on any atom is -0.454 e. The van der Waals surface area contributed by atoms with E-state index < -0.39 is 0 Å². The lowest BCUT2D eigenvalue weighted by molar-refractivity contribution is 0.0956. The first kappa shape index (κ1) is 20.6. The highest BCUT2D eigenvalue weighted by Gasteiger charge is 2.15. The van der Waals surface area contributed by atoms with Gasteiger partial charge in [-0.25, -0.2) is 0 Å². The van der Waals surface area contributed by atoms with Crippen LogP contribution < -0.4 is 9.47 Å². The maximum absolute atomic E-state index is 10.3. The third kappa shape index (κ3) is 6.21. The van der Waals surface area contributed by atoms with E-state index in [9.17, 15) is 5.11 Å². The van der Waals surface area contributed by atoms with Crippen LogP contribution in [0.15, 0.2) is 42.5 Å². The first-order valence-corrected chi connectivity index (χ1v) is 10.0. The molecule has 0 fully saturated rings. The predicted octanol–water partition coefficient (Wildman–Crippen LogP) is 5.82. The summed E-state index contributed by atoms with van der Waals surface area (Å²) < 4.78 is 10.8. The van der Waals surface area contributed by atoms with E-state index in [0.29, 0.717) is 12.7 Å². The Balaban J connectivity index is 1.74. The molecule has 0 saturated carbocycles. The van der Waals surface area contributed by atoms with Crippen LogP contribution >= 0.6 is 0 Å². The molecule has 1 N–H and O–H groups in total. The molecule has 3 nitrogen and oxygen atoms in total. The summed E-state index contributed by atoms with van der Waals surface area (Å²) in [6.07, 6.45) is 12.2. The number of rotatable bonds is 12. The predicted molar refractivity (Wildman–Crippen MR) is 108 cm³/mol. The molecule has 144 valence electrons. The van der Waals surface area contributed by atoms with E-state index >= 15 is 0 Å². The highest BCUT2D eigenvalue weighted by Crippen LogP contribution is 2.32. The maximum Gasteiger partial charge on any atom is 0.231 e. The standard InChI is InChI=1S/C23H34O3/c1-4-9-20(6-3)21(24)13-8-11-18(5-2)10-7-12-19-14-15-22-23(16-19)26-17-25-22/h4,10,14-16,20-21,24H,1,5-9,11-13,17H2,2-3H3. The van der Waals surface area contributed by atoms with E-state index in [-0.39, 0.29) is 6.10 Å². The average molecular weight is 359 g/mol. The molecule has 1 aromatic rings. The number of ether oxygens (including phenoxy) is 2. The Morgan fingerprint density at radius 1 is 1.27 bits per heavy atom. The highest BCUT2D eigenvalue weighted by molar-refractivity contribution is 5.44. The summed E-state index contributed by atoms with van der Waals surface area (Å²) in [7, 11) is 0. The van der Waals surface area contributed by atoms with Gasteiger partial charge in [0.2, 0.25) is 6.79 Å². The van der Waals surface area contributed by atoms with Crippen LogP contribution in [0.4, 0.5) is 0 Å². The summed E-state index contributed by atoms with van der Waals surface area (Å²) in [5.74, 6) is 2.06. The molecular formula is C23H34O3. The quantitative estimate of drug-likeness (QED) is 0.479. The molecule has 1 heterocycles. The van der Waals surface area contributed by atoms with Crippen LogP contribution in [0.3, 0.4) is 0 Å². The maximum atomic E-state index is 10.3. The van der Waals surface area contributed by atoms with Crippen molar-refractivity contribution in [2.45, 2.75) is 71.3 Å². The van der Waals surface area contributed by atoms with E-state index in [1.165, 1.54) is 11.1 Å². The average Bonchev–Trinajstić information content (AvgIpc) is 3.12. The van der Waals surface area contributed by atoms with Gasteiger partial charge in [0.05, 0.1) is 6.10 Å². The van der Waals surface area contributed by atoms with Gasteiger partial charge in [-0.3, -0.25) is 0 Å². The fraction of sp³-hybridized carbons (Fsp3) is 0.565. The smallest absolute Gasteiger partial charge is 0.231 e. The monoisotopic (exact) mass is 358 g/mol. The van der Waals surface area contributed by atoms with Crippen molar-refractivity contribution in [3.05, 3.63) is 48.1 Å². The number of allylic oxidation sites excluding steroid dienone is 3. The topological polar surface area (TPSA) is 38.7 Å². The largest absolute Gasteiger partial charge is 0.454 e. The van der Waals surface area contributed by atoms with Crippen LogP contribution in [-0.2, 0) is 6.42 Å². The molecule has 26 heavy (non-hydrogen) atoms. The molecule has 3 heteroatoms. The first-order valence-electron chi connectivity index (χ1n) is 10.0. The van der Waals surface area contributed by atoms with Gasteiger partial charge in [-0.15, -0.1) is 6.58 Å². The summed E-state index contributed by atoms with van der Waals surface area (Å²) >= 11 is 0. The molecule has 1 aliphatic heterocycles. The van der Waals surface area contributed by atoms with Gasteiger partial charge in [0, 0.05) is 0 Å². The van der Waals surface area contributed by atoms with Crippen LogP contribution in [0.1, 0.15) is 64.4 Å². The zero-order valence-electron chi connectivity index (χ0n) is 16.4. The van der Waals surface area contributed by atoms with Crippen LogP contribution in [-0.4, -0.2) is 18.0 Å². The van der Waals surface area contributed by atoms with E-state index in [1.54, 1.807) is 0 Å². The van der Waals surface area contributed by atoms with Gasteiger partial charge in [0.15, 0.2) is 11.5 Å². The molecular weight excluding hydrogens is 324 g/mol. The molecule has 0 spiro atoms. The number of aryl methyl sites for hydroxylation is 1. The van der Waals surface area contributed by atoms with Gasteiger partial charge in [-0.05, 0) is 68.6 Å². The van der Waals surface area contributed by atoms with Gasteiger partial charge in [0.1, 0.15) is 0 Å². The van der Waals surface area contributed by atoms with Crippen molar-refractivity contribution in [3.8, 4) is 11.5 Å². The van der Waals surface area contributed by atoms with Crippen molar-refractivity contribution in [1.82, 2.24) is 0 Å². The Labute approximate surface area is 158 Å². The Morgan fingerprint density at radius 3 is 2.81 bits per heavy atom. The summed E-state index contributed by atoms with van der Waals surface area (Å²) in [4.78, 5) is 0. The fourth-order valence-electron chi connectivity index (χ4n) is 3.55. The molecule has 0 amide bonds. The van der Waals surface area contributed by atoms with Crippen molar-refractivity contribution in [1.29, 1.82) is 0 Å². The molecule has 2 unspecified atom stereocenters. The summed E-state index contributed by atoms with van der Waals surface area (Å²) in [6.45, 7) is 8.49. The van der Waals surface area contributed by atoms with Gasteiger partial charge in [-0.1, -0.05) is 44.1 Å². The van der Waals surface area contributed by atoms with Crippen LogP contribution in [0.2, 0.25) is 0 Å². The van der Waals surface area contributed by atoms with Crippen LogP contribution in [0, 0.1) is 5.92 Å². The Hall–Kier alpha value is -1.74. The van der Waals surface area contributed by atoms with Crippen molar-refractivity contribution in [2.75, 3.05) is 6.79 Å². The lowest BCUT2D eigenvalue weighted by atomic mass is 9.91. The zero-order chi connectivity index (χ0) is 18.8. The summed E-state index contributed by atoms with van der Waals surface area (Å²) in [5.41, 5.74) is 2.78. The zero-order valence-corrected chi connectivity index (χ0v) is 16.4. The van der Waals surface area contributed by atoms with E-state index in [2.05, 4.69) is 38.6 Å². The minimum absolute atomic E-state index is 0.204. The number of aliphatic hydroxyl groups is 1.